The van der Waals surface area contributed by atoms with Gasteiger partial charge in [-0.15, -0.1) is 0 Å². The first-order valence-electron chi connectivity index (χ1n) is 5.85. The second-order valence-electron chi connectivity index (χ2n) is 4.69. The maximum atomic E-state index is 8.77. The van der Waals surface area contributed by atoms with Crippen LogP contribution in [-0.2, 0) is 4.74 Å². The average molecular weight is 331 g/mol. The number of methoxy groups -OCH3 is 1. The predicted molar refractivity (Wildman–Crippen MR) is 77.9 cm³/mol. The van der Waals surface area contributed by atoms with Gasteiger partial charge in [-0.3, -0.25) is 0 Å². The predicted octanol–water partition coefficient (Wildman–Crippen LogP) is 2.74. The molecule has 0 radical (unpaired) electrons. The molecular formula is C13H19BrN2O3. The van der Waals surface area contributed by atoms with E-state index in [0.717, 1.165) is 10.9 Å². The van der Waals surface area contributed by atoms with Crippen LogP contribution in [0.4, 0.5) is 0 Å². The van der Waals surface area contributed by atoms with Crippen molar-refractivity contribution in [1.29, 1.82) is 0 Å². The van der Waals surface area contributed by atoms with Crippen molar-refractivity contribution < 1.29 is 14.7 Å². The van der Waals surface area contributed by atoms with Gasteiger partial charge >= 0.3 is 0 Å². The average Bonchev–Trinajstić information content (AvgIpc) is 2.39. The van der Waals surface area contributed by atoms with Gasteiger partial charge < -0.3 is 20.4 Å². The Morgan fingerprint density at radius 2 is 2.16 bits per heavy atom. The fourth-order valence-corrected chi connectivity index (χ4v) is 1.75. The van der Waals surface area contributed by atoms with Crippen LogP contribution in [0.3, 0.4) is 0 Å². The van der Waals surface area contributed by atoms with Gasteiger partial charge in [0.2, 0.25) is 0 Å². The molecule has 0 aliphatic heterocycles. The van der Waals surface area contributed by atoms with Crippen LogP contribution < -0.4 is 10.5 Å². The highest BCUT2D eigenvalue weighted by Crippen LogP contribution is 2.24. The quantitative estimate of drug-likeness (QED) is 0.364. The fourth-order valence-electron chi connectivity index (χ4n) is 1.39. The van der Waals surface area contributed by atoms with Crippen molar-refractivity contribution in [1.82, 2.24) is 0 Å². The smallest absolute Gasteiger partial charge is 0.173 e. The van der Waals surface area contributed by atoms with Gasteiger partial charge in [0.05, 0.1) is 17.8 Å². The maximum absolute atomic E-state index is 8.77. The minimum atomic E-state index is -0.244. The van der Waals surface area contributed by atoms with E-state index in [1.54, 1.807) is 19.2 Å². The van der Waals surface area contributed by atoms with Crippen molar-refractivity contribution in [3.63, 3.8) is 0 Å². The lowest BCUT2D eigenvalue weighted by Crippen LogP contribution is -2.25. The van der Waals surface area contributed by atoms with Crippen LogP contribution >= 0.6 is 15.9 Å². The van der Waals surface area contributed by atoms with Gasteiger partial charge in [-0.2, -0.15) is 0 Å². The summed E-state index contributed by atoms with van der Waals surface area (Å²) in [6, 6.07) is 5.36. The second kappa shape index (κ2) is 6.77. The fraction of sp³-hybridized carbons (Fsp3) is 0.462. The lowest BCUT2D eigenvalue weighted by atomic mass is 10.1. The van der Waals surface area contributed by atoms with Crippen LogP contribution in [0.25, 0.3) is 0 Å². The van der Waals surface area contributed by atoms with Crippen molar-refractivity contribution in [2.45, 2.75) is 25.9 Å². The van der Waals surface area contributed by atoms with Crippen LogP contribution in [0.5, 0.6) is 5.75 Å². The first-order valence-corrected chi connectivity index (χ1v) is 6.64. The molecule has 3 N–H and O–H groups in total. The van der Waals surface area contributed by atoms with Crippen LogP contribution in [0.2, 0.25) is 0 Å². The number of nitrogens with zero attached hydrogens (tertiary/aromatic N) is 1. The number of hydrogen-bond acceptors (Lipinski definition) is 4. The molecule has 0 fully saturated rings. The lowest BCUT2D eigenvalue weighted by molar-refractivity contribution is 0.00544. The maximum Gasteiger partial charge on any atom is 0.173 e. The SMILES string of the molecule is COC(C)(C)CCOc1ccc(Br)cc1/C(N)=N/O. The second-order valence-corrected chi connectivity index (χ2v) is 5.60. The first-order chi connectivity index (χ1) is 8.89. The Bertz CT molecular complexity index is 461. The molecular weight excluding hydrogens is 312 g/mol. The molecule has 5 nitrogen and oxygen atoms in total. The summed E-state index contributed by atoms with van der Waals surface area (Å²) in [4.78, 5) is 0. The molecule has 0 saturated heterocycles. The third-order valence-electron chi connectivity index (χ3n) is 2.84. The third kappa shape index (κ3) is 4.72. The molecule has 0 aliphatic carbocycles. The lowest BCUT2D eigenvalue weighted by Gasteiger charge is -2.23. The molecule has 6 heteroatoms. The Morgan fingerprint density at radius 3 is 2.74 bits per heavy atom. The molecule has 0 unspecified atom stereocenters. The summed E-state index contributed by atoms with van der Waals surface area (Å²) < 4.78 is 11.8. The zero-order chi connectivity index (χ0) is 14.5. The summed E-state index contributed by atoms with van der Waals surface area (Å²) in [7, 11) is 1.67. The number of oxime groups is 1. The van der Waals surface area contributed by atoms with Gasteiger partial charge in [-0.05, 0) is 32.0 Å². The molecule has 19 heavy (non-hydrogen) atoms. The highest BCUT2D eigenvalue weighted by Gasteiger charge is 2.17. The van der Waals surface area contributed by atoms with Gasteiger partial charge in [-0.1, -0.05) is 21.1 Å². The summed E-state index contributed by atoms with van der Waals surface area (Å²) in [6.45, 7) is 4.46. The van der Waals surface area contributed by atoms with E-state index in [-0.39, 0.29) is 11.4 Å². The van der Waals surface area contributed by atoms with Crippen LogP contribution in [0.1, 0.15) is 25.8 Å². The van der Waals surface area contributed by atoms with Crippen molar-refractivity contribution in [3.8, 4) is 5.75 Å². The van der Waals surface area contributed by atoms with E-state index < -0.39 is 0 Å². The third-order valence-corrected chi connectivity index (χ3v) is 3.33. The topological polar surface area (TPSA) is 77.1 Å². The molecule has 0 aliphatic rings. The molecule has 1 aromatic rings. The summed E-state index contributed by atoms with van der Waals surface area (Å²) >= 11 is 3.34. The van der Waals surface area contributed by atoms with E-state index in [1.165, 1.54) is 0 Å². The Morgan fingerprint density at radius 1 is 1.47 bits per heavy atom. The van der Waals surface area contributed by atoms with Crippen molar-refractivity contribution in [2.24, 2.45) is 10.9 Å². The molecule has 0 amide bonds. The molecule has 0 spiro atoms. The number of amidine groups is 1. The van der Waals surface area contributed by atoms with E-state index in [9.17, 15) is 0 Å². The molecule has 0 aromatic heterocycles. The normalized spacial score (nSPS) is 12.5. The Balaban J connectivity index is 2.79. The minimum absolute atomic E-state index is 0.0160. The number of nitrogens with two attached hydrogens (primary N) is 1. The standard InChI is InChI=1S/C13H19BrN2O3/c1-13(2,18-3)6-7-19-11-5-4-9(14)8-10(11)12(15)16-17/h4-5,8,17H,6-7H2,1-3H3,(H2,15,16). The molecule has 106 valence electrons. The van der Waals surface area contributed by atoms with Gasteiger partial charge in [0.25, 0.3) is 0 Å². The van der Waals surface area contributed by atoms with Crippen LogP contribution in [0, 0.1) is 0 Å². The van der Waals surface area contributed by atoms with Crippen molar-refractivity contribution in [2.75, 3.05) is 13.7 Å². The van der Waals surface area contributed by atoms with E-state index in [4.69, 9.17) is 20.4 Å². The number of benzene rings is 1. The Kier molecular flexibility index (Phi) is 5.62. The number of hydrogen-bond donors (Lipinski definition) is 2. The van der Waals surface area contributed by atoms with Crippen molar-refractivity contribution >= 4 is 21.8 Å². The molecule has 0 heterocycles. The monoisotopic (exact) mass is 330 g/mol. The summed E-state index contributed by atoms with van der Waals surface area (Å²) in [6.07, 6.45) is 0.731. The van der Waals surface area contributed by atoms with Gasteiger partial charge in [0.15, 0.2) is 5.84 Å². The van der Waals surface area contributed by atoms with Gasteiger partial charge in [-0.25, -0.2) is 0 Å². The zero-order valence-electron chi connectivity index (χ0n) is 11.3. The summed E-state index contributed by atoms with van der Waals surface area (Å²) in [5.74, 6) is 0.590. The van der Waals surface area contributed by atoms with E-state index >= 15 is 0 Å². The molecule has 1 rings (SSSR count). The highest BCUT2D eigenvalue weighted by molar-refractivity contribution is 9.10. The number of rotatable bonds is 6. The highest BCUT2D eigenvalue weighted by atomic mass is 79.9. The molecule has 0 saturated carbocycles. The Hall–Kier alpha value is -1.27. The molecule has 0 bridgehead atoms. The van der Waals surface area contributed by atoms with Gasteiger partial charge in [0, 0.05) is 18.0 Å². The van der Waals surface area contributed by atoms with Gasteiger partial charge in [0.1, 0.15) is 5.75 Å². The minimum Gasteiger partial charge on any atom is -0.493 e. The summed E-state index contributed by atoms with van der Waals surface area (Å²) in [5.41, 5.74) is 5.93. The first kappa shape index (κ1) is 15.8. The zero-order valence-corrected chi connectivity index (χ0v) is 12.9. The summed E-state index contributed by atoms with van der Waals surface area (Å²) in [5, 5.41) is 11.8. The number of halogens is 1. The largest absolute Gasteiger partial charge is 0.493 e. The van der Waals surface area contributed by atoms with Crippen LogP contribution in [0.15, 0.2) is 27.8 Å². The number of ether oxygens (including phenoxy) is 2. The van der Waals surface area contributed by atoms with E-state index in [0.29, 0.717) is 17.9 Å². The molecule has 1 aromatic carbocycles. The van der Waals surface area contributed by atoms with Crippen LogP contribution in [-0.4, -0.2) is 30.4 Å². The molecule has 0 atom stereocenters. The van der Waals surface area contributed by atoms with E-state index in [1.807, 2.05) is 19.9 Å². The Labute approximate surface area is 121 Å². The van der Waals surface area contributed by atoms with Crippen molar-refractivity contribution in [3.05, 3.63) is 28.2 Å². The van der Waals surface area contributed by atoms with E-state index in [2.05, 4.69) is 21.1 Å².